The second-order valence-electron chi connectivity index (χ2n) is 9.80. The smallest absolute Gasteiger partial charge is 0.427 e. The number of nitrogens with zero attached hydrogens (tertiary/aromatic N) is 1. The highest BCUT2D eigenvalue weighted by Crippen LogP contribution is 2.40. The normalized spacial score (nSPS) is 19.2. The number of benzene rings is 2. The maximum Gasteiger partial charge on any atom is 0.427 e. The molecule has 0 radical (unpaired) electrons. The number of alkyl halides is 3. The SMILES string of the molecule is CC(C)(OC(=O)Nc1ccc2c(c1)N(S(=O)(=O)c1ccc(F)c(Cl)c1)CC(CNC(=O)C1CCCO1)O2)C(F)(F)F. The molecule has 224 valence electrons. The van der Waals surface area contributed by atoms with Gasteiger partial charge in [0, 0.05) is 12.3 Å². The number of halogens is 5. The van der Waals surface area contributed by atoms with Crippen LogP contribution in [0.2, 0.25) is 5.02 Å². The Kier molecular flexibility index (Phi) is 8.62. The Labute approximate surface area is 237 Å². The maximum absolute atomic E-state index is 13.8. The topological polar surface area (TPSA) is 123 Å². The van der Waals surface area contributed by atoms with Crippen molar-refractivity contribution in [2.24, 2.45) is 0 Å². The van der Waals surface area contributed by atoms with Crippen LogP contribution >= 0.6 is 11.6 Å². The quantitative estimate of drug-likeness (QED) is 0.432. The van der Waals surface area contributed by atoms with Gasteiger partial charge in [0.25, 0.3) is 10.0 Å². The van der Waals surface area contributed by atoms with Crippen LogP contribution in [0.3, 0.4) is 0 Å². The van der Waals surface area contributed by atoms with E-state index in [-0.39, 0.29) is 41.0 Å². The van der Waals surface area contributed by atoms with Crippen LogP contribution < -0.4 is 19.7 Å². The molecule has 0 bridgehead atoms. The van der Waals surface area contributed by atoms with E-state index in [1.807, 2.05) is 0 Å². The molecule has 0 spiro atoms. The molecule has 1 saturated heterocycles. The monoisotopic (exact) mass is 623 g/mol. The van der Waals surface area contributed by atoms with Crippen LogP contribution in [0.15, 0.2) is 41.3 Å². The van der Waals surface area contributed by atoms with Gasteiger partial charge in [-0.2, -0.15) is 13.2 Å². The van der Waals surface area contributed by atoms with Crippen LogP contribution in [0, 0.1) is 5.82 Å². The molecule has 1 fully saturated rings. The molecule has 2 N–H and O–H groups in total. The second-order valence-corrected chi connectivity index (χ2v) is 12.1. The predicted octanol–water partition coefficient (Wildman–Crippen LogP) is 4.62. The Morgan fingerprint density at radius 1 is 1.17 bits per heavy atom. The Morgan fingerprint density at radius 3 is 2.54 bits per heavy atom. The van der Waals surface area contributed by atoms with Crippen LogP contribution in [0.5, 0.6) is 5.75 Å². The van der Waals surface area contributed by atoms with Crippen molar-refractivity contribution in [2.45, 2.75) is 55.6 Å². The van der Waals surface area contributed by atoms with Gasteiger partial charge in [0.05, 0.1) is 28.7 Å². The lowest BCUT2D eigenvalue weighted by atomic mass is 10.1. The molecular formula is C25H26ClF4N3O7S. The summed E-state index contributed by atoms with van der Waals surface area (Å²) in [6.07, 6.45) is -6.50. The summed E-state index contributed by atoms with van der Waals surface area (Å²) in [4.78, 5) is 24.3. The van der Waals surface area contributed by atoms with E-state index < -0.39 is 50.9 Å². The maximum atomic E-state index is 13.8. The molecule has 2 atom stereocenters. The molecule has 4 rings (SSSR count). The van der Waals surface area contributed by atoms with Gasteiger partial charge in [-0.25, -0.2) is 17.6 Å². The highest BCUT2D eigenvalue weighted by molar-refractivity contribution is 7.92. The van der Waals surface area contributed by atoms with Crippen LogP contribution in [0.1, 0.15) is 26.7 Å². The number of fused-ring (bicyclic) bond motifs is 1. The molecule has 0 saturated carbocycles. The average molecular weight is 624 g/mol. The molecule has 2 aromatic carbocycles. The zero-order valence-corrected chi connectivity index (χ0v) is 23.3. The minimum absolute atomic E-state index is 0.0268. The van der Waals surface area contributed by atoms with Gasteiger partial charge in [-0.1, -0.05) is 11.6 Å². The predicted molar refractivity (Wildman–Crippen MR) is 139 cm³/mol. The van der Waals surface area contributed by atoms with Crippen LogP contribution in [0.4, 0.5) is 33.7 Å². The van der Waals surface area contributed by atoms with E-state index in [2.05, 4.69) is 15.4 Å². The van der Waals surface area contributed by atoms with Gasteiger partial charge in [-0.15, -0.1) is 0 Å². The summed E-state index contributed by atoms with van der Waals surface area (Å²) in [6.45, 7) is 1.38. The fourth-order valence-corrected chi connectivity index (χ4v) is 5.80. The van der Waals surface area contributed by atoms with Gasteiger partial charge in [-0.05, 0) is 63.1 Å². The van der Waals surface area contributed by atoms with E-state index in [9.17, 15) is 35.6 Å². The molecule has 2 amide bonds. The van der Waals surface area contributed by atoms with Crippen LogP contribution in [-0.2, 0) is 24.3 Å². The van der Waals surface area contributed by atoms with Crippen molar-refractivity contribution in [3.8, 4) is 5.75 Å². The molecule has 0 aliphatic carbocycles. The first kappa shape index (κ1) is 30.7. The van der Waals surface area contributed by atoms with Crippen molar-refractivity contribution in [3.63, 3.8) is 0 Å². The van der Waals surface area contributed by atoms with Crippen molar-refractivity contribution < 1.29 is 49.8 Å². The molecule has 41 heavy (non-hydrogen) atoms. The number of carbonyl (C=O) groups excluding carboxylic acids is 2. The van der Waals surface area contributed by atoms with E-state index in [1.165, 1.54) is 18.2 Å². The fourth-order valence-electron chi connectivity index (χ4n) is 4.03. The Hall–Kier alpha value is -3.30. The third-order valence-electron chi connectivity index (χ3n) is 6.37. The molecule has 0 aromatic heterocycles. The van der Waals surface area contributed by atoms with Gasteiger partial charge in [-0.3, -0.25) is 14.4 Å². The molecule has 2 aliphatic rings. The molecule has 16 heteroatoms. The summed E-state index contributed by atoms with van der Waals surface area (Å²) < 4.78 is 97.2. The number of nitrogens with one attached hydrogen (secondary N) is 2. The number of hydrogen-bond acceptors (Lipinski definition) is 7. The minimum Gasteiger partial charge on any atom is -0.484 e. The number of amides is 2. The Balaban J connectivity index is 1.62. The average Bonchev–Trinajstić information content (AvgIpc) is 3.42. The first-order valence-corrected chi connectivity index (χ1v) is 14.1. The standard InChI is InChI=1S/C25H26ClF4N3O7S/c1-24(2,25(28,29)30)40-23(35)32-14-5-8-20-19(10-14)33(41(36,37)16-6-7-18(27)17(26)11-16)13-15(39-20)12-31-22(34)21-4-3-9-38-21/h5-8,10-11,15,21H,3-4,9,12-13H2,1-2H3,(H,31,34)(H,32,35). The van der Waals surface area contributed by atoms with Gasteiger partial charge < -0.3 is 19.5 Å². The molecule has 2 aromatic rings. The van der Waals surface area contributed by atoms with Crippen molar-refractivity contribution in [1.82, 2.24) is 5.32 Å². The van der Waals surface area contributed by atoms with Crippen molar-refractivity contribution in [1.29, 1.82) is 0 Å². The number of ether oxygens (including phenoxy) is 3. The summed E-state index contributed by atoms with van der Waals surface area (Å²) >= 11 is 5.82. The van der Waals surface area contributed by atoms with Gasteiger partial charge in [0.1, 0.15) is 23.8 Å². The first-order chi connectivity index (χ1) is 19.1. The number of hydrogen-bond donors (Lipinski definition) is 2. The fraction of sp³-hybridized carbons (Fsp3) is 0.440. The number of anilines is 2. The lowest BCUT2D eigenvalue weighted by Gasteiger charge is -2.36. The molecule has 2 aliphatic heterocycles. The molecular weight excluding hydrogens is 598 g/mol. The van der Waals surface area contributed by atoms with E-state index in [0.717, 1.165) is 28.9 Å². The summed E-state index contributed by atoms with van der Waals surface area (Å²) in [5.74, 6) is -1.19. The van der Waals surface area contributed by atoms with Gasteiger partial charge in [0.2, 0.25) is 11.5 Å². The summed E-state index contributed by atoms with van der Waals surface area (Å²) in [7, 11) is -4.42. The molecule has 2 unspecified atom stereocenters. The minimum atomic E-state index is -4.84. The van der Waals surface area contributed by atoms with E-state index in [1.54, 1.807) is 0 Å². The Bertz CT molecular complexity index is 1430. The lowest BCUT2D eigenvalue weighted by Crippen LogP contribution is -2.49. The number of sulfonamides is 1. The largest absolute Gasteiger partial charge is 0.484 e. The van der Waals surface area contributed by atoms with Gasteiger partial charge in [0.15, 0.2) is 0 Å². The van der Waals surface area contributed by atoms with E-state index in [0.29, 0.717) is 26.9 Å². The second kappa shape index (κ2) is 11.5. The van der Waals surface area contributed by atoms with Crippen LogP contribution in [-0.4, -0.2) is 64.1 Å². The summed E-state index contributed by atoms with van der Waals surface area (Å²) in [5, 5.41) is 4.39. The zero-order valence-electron chi connectivity index (χ0n) is 21.8. The highest BCUT2D eigenvalue weighted by Gasteiger charge is 2.51. The number of rotatable bonds is 7. The highest BCUT2D eigenvalue weighted by atomic mass is 35.5. The number of carbonyl (C=O) groups is 2. The molecule has 2 heterocycles. The van der Waals surface area contributed by atoms with E-state index in [4.69, 9.17) is 21.1 Å². The van der Waals surface area contributed by atoms with E-state index >= 15 is 0 Å². The van der Waals surface area contributed by atoms with Crippen LogP contribution in [0.25, 0.3) is 0 Å². The summed E-state index contributed by atoms with van der Waals surface area (Å²) in [5.41, 5.74) is -2.98. The Morgan fingerprint density at radius 2 is 1.90 bits per heavy atom. The first-order valence-electron chi connectivity index (χ1n) is 12.3. The summed E-state index contributed by atoms with van der Waals surface area (Å²) in [6, 6.07) is 6.56. The third-order valence-corrected chi connectivity index (χ3v) is 8.44. The van der Waals surface area contributed by atoms with Crippen molar-refractivity contribution in [2.75, 3.05) is 29.3 Å². The van der Waals surface area contributed by atoms with Gasteiger partial charge >= 0.3 is 12.3 Å². The van der Waals surface area contributed by atoms with Crippen molar-refractivity contribution >= 4 is 45.0 Å². The third kappa shape index (κ3) is 6.79. The van der Waals surface area contributed by atoms with Crippen molar-refractivity contribution in [3.05, 3.63) is 47.2 Å². The zero-order chi connectivity index (χ0) is 30.2. The molecule has 10 nitrogen and oxygen atoms in total. The lowest BCUT2D eigenvalue weighted by molar-refractivity contribution is -0.242.